The van der Waals surface area contributed by atoms with E-state index in [0.717, 1.165) is 27.1 Å². The van der Waals surface area contributed by atoms with Crippen LogP contribution in [0, 0.1) is 5.21 Å². The van der Waals surface area contributed by atoms with E-state index in [0.29, 0.717) is 6.54 Å². The van der Waals surface area contributed by atoms with Gasteiger partial charge in [0.15, 0.2) is 12.8 Å². The molecular weight excluding hydrogens is 202 g/mol. The van der Waals surface area contributed by atoms with Crippen LogP contribution in [0.25, 0.3) is 11.3 Å². The average molecular weight is 211 g/mol. The van der Waals surface area contributed by atoms with Crippen LogP contribution in [-0.4, -0.2) is 20.9 Å². The van der Waals surface area contributed by atoms with Crippen molar-refractivity contribution in [2.45, 2.75) is 6.54 Å². The Morgan fingerprint density at radius 1 is 1.25 bits per heavy atom. The molecule has 0 fully saturated rings. The molecule has 0 unspecified atom stereocenters. The van der Waals surface area contributed by atoms with Gasteiger partial charge in [-0.25, -0.2) is 14.7 Å². The third-order valence-corrected chi connectivity index (χ3v) is 2.61. The van der Waals surface area contributed by atoms with Crippen molar-refractivity contribution in [3.8, 4) is 11.3 Å². The van der Waals surface area contributed by atoms with E-state index in [4.69, 9.17) is 0 Å². The predicted octanol–water partition coefficient (Wildman–Crippen LogP) is 1.59. The lowest BCUT2D eigenvalue weighted by atomic mass is 10.0. The monoisotopic (exact) mass is 211 g/mol. The van der Waals surface area contributed by atoms with Gasteiger partial charge < -0.3 is 5.21 Å². The molecule has 4 heteroatoms. The highest BCUT2D eigenvalue weighted by Gasteiger charge is 2.17. The lowest BCUT2D eigenvalue weighted by molar-refractivity contribution is -0.469. The molecule has 78 valence electrons. The van der Waals surface area contributed by atoms with Crippen molar-refractivity contribution in [2.75, 3.05) is 0 Å². The van der Waals surface area contributed by atoms with Crippen molar-refractivity contribution in [2.24, 2.45) is 0 Å². The normalized spacial score (nSPS) is 13.4. The second-order valence-electron chi connectivity index (χ2n) is 3.69. The standard InChI is InChI=1S/C12H9N3O/c16-15-6-9-3-1-2-4-11(9)12-10(7-15)5-13-8-14-12/h1-6,8H,7H2. The molecule has 0 amide bonds. The number of rotatable bonds is 0. The van der Waals surface area contributed by atoms with Crippen molar-refractivity contribution in [3.05, 3.63) is 53.1 Å². The van der Waals surface area contributed by atoms with E-state index in [9.17, 15) is 5.21 Å². The Hall–Kier alpha value is -2.23. The molecule has 0 spiro atoms. The summed E-state index contributed by atoms with van der Waals surface area (Å²) < 4.78 is 0.911. The first-order chi connectivity index (χ1) is 7.84. The molecule has 0 saturated heterocycles. The number of benzene rings is 1. The molecule has 0 atom stereocenters. The number of aromatic nitrogens is 2. The van der Waals surface area contributed by atoms with Crippen LogP contribution in [0.4, 0.5) is 0 Å². The van der Waals surface area contributed by atoms with Crippen molar-refractivity contribution in [1.82, 2.24) is 9.97 Å². The van der Waals surface area contributed by atoms with Gasteiger partial charge in [0.05, 0.1) is 11.3 Å². The quantitative estimate of drug-likeness (QED) is 0.491. The van der Waals surface area contributed by atoms with E-state index in [-0.39, 0.29) is 0 Å². The minimum atomic E-state index is 0.296. The highest BCUT2D eigenvalue weighted by molar-refractivity contribution is 5.88. The fourth-order valence-electron chi connectivity index (χ4n) is 1.91. The van der Waals surface area contributed by atoms with Crippen LogP contribution in [0.5, 0.6) is 0 Å². The number of hydroxylamine groups is 1. The van der Waals surface area contributed by atoms with Crippen molar-refractivity contribution in [3.63, 3.8) is 0 Å². The fraction of sp³-hybridized carbons (Fsp3) is 0.0833. The summed E-state index contributed by atoms with van der Waals surface area (Å²) in [6.07, 6.45) is 4.80. The number of hydrogen-bond acceptors (Lipinski definition) is 3. The first kappa shape index (κ1) is 9.03. The smallest absolute Gasteiger partial charge is 0.182 e. The van der Waals surface area contributed by atoms with Crippen LogP contribution in [0.15, 0.2) is 36.8 Å². The van der Waals surface area contributed by atoms with E-state index < -0.39 is 0 Å². The Balaban J connectivity index is 2.34. The van der Waals surface area contributed by atoms with E-state index in [1.54, 1.807) is 12.4 Å². The molecule has 2 heterocycles. The maximum Gasteiger partial charge on any atom is 0.182 e. The third kappa shape index (κ3) is 1.35. The molecule has 3 rings (SSSR count). The summed E-state index contributed by atoms with van der Waals surface area (Å²) in [7, 11) is 0. The summed E-state index contributed by atoms with van der Waals surface area (Å²) in [5.41, 5.74) is 3.59. The van der Waals surface area contributed by atoms with Gasteiger partial charge >= 0.3 is 0 Å². The van der Waals surface area contributed by atoms with Gasteiger partial charge in [-0.1, -0.05) is 18.2 Å². The number of hydrogen-bond donors (Lipinski definition) is 0. The van der Waals surface area contributed by atoms with Crippen molar-refractivity contribution >= 4 is 6.21 Å². The highest BCUT2D eigenvalue weighted by atomic mass is 16.5. The molecule has 0 N–H and O–H groups in total. The molecule has 0 bridgehead atoms. The van der Waals surface area contributed by atoms with Gasteiger partial charge in [-0.15, -0.1) is 0 Å². The largest absolute Gasteiger partial charge is 0.624 e. The van der Waals surface area contributed by atoms with Crippen LogP contribution >= 0.6 is 0 Å². The minimum Gasteiger partial charge on any atom is -0.624 e. The first-order valence-electron chi connectivity index (χ1n) is 5.01. The molecule has 0 saturated carbocycles. The summed E-state index contributed by atoms with van der Waals surface area (Å²) in [6, 6.07) is 7.74. The van der Waals surface area contributed by atoms with E-state index in [1.807, 2.05) is 24.3 Å². The second-order valence-corrected chi connectivity index (χ2v) is 3.69. The molecule has 1 aliphatic heterocycles. The molecule has 16 heavy (non-hydrogen) atoms. The number of fused-ring (bicyclic) bond motifs is 3. The first-order valence-corrected chi connectivity index (χ1v) is 5.01. The van der Waals surface area contributed by atoms with E-state index >= 15 is 0 Å². The Kier molecular flexibility index (Phi) is 1.93. The molecule has 2 aromatic rings. The van der Waals surface area contributed by atoms with Crippen LogP contribution in [0.3, 0.4) is 0 Å². The van der Waals surface area contributed by atoms with Gasteiger partial charge in [0.2, 0.25) is 0 Å². The van der Waals surface area contributed by atoms with Gasteiger partial charge in [-0.05, 0) is 6.07 Å². The molecular formula is C12H9N3O. The molecule has 0 radical (unpaired) electrons. The molecule has 4 nitrogen and oxygen atoms in total. The number of nitrogens with zero attached hydrogens (tertiary/aromatic N) is 3. The molecule has 1 aromatic carbocycles. The van der Waals surface area contributed by atoms with Gasteiger partial charge in [-0.2, -0.15) is 0 Å². The molecule has 0 aliphatic carbocycles. The third-order valence-electron chi connectivity index (χ3n) is 2.61. The summed E-state index contributed by atoms with van der Waals surface area (Å²) in [5, 5.41) is 11.6. The summed E-state index contributed by atoms with van der Waals surface area (Å²) >= 11 is 0. The maximum atomic E-state index is 11.6. The topological polar surface area (TPSA) is 51.9 Å². The zero-order chi connectivity index (χ0) is 11.0. The van der Waals surface area contributed by atoms with Crippen LogP contribution in [0.1, 0.15) is 11.1 Å². The fourth-order valence-corrected chi connectivity index (χ4v) is 1.91. The van der Waals surface area contributed by atoms with Crippen molar-refractivity contribution < 1.29 is 4.74 Å². The Morgan fingerprint density at radius 3 is 3.06 bits per heavy atom. The van der Waals surface area contributed by atoms with Gasteiger partial charge in [-0.3, -0.25) is 0 Å². The summed E-state index contributed by atoms with van der Waals surface area (Å²) in [5.74, 6) is 0. The van der Waals surface area contributed by atoms with Gasteiger partial charge in [0.1, 0.15) is 6.33 Å². The Bertz CT molecular complexity index is 578. The summed E-state index contributed by atoms with van der Waals surface area (Å²) in [4.78, 5) is 8.21. The SMILES string of the molecule is [O-][N+]1=Cc2ccccc2-c2ncncc2C1. The van der Waals surface area contributed by atoms with Crippen molar-refractivity contribution in [1.29, 1.82) is 0 Å². The van der Waals surface area contributed by atoms with Crippen LogP contribution < -0.4 is 0 Å². The Labute approximate surface area is 92.5 Å². The van der Waals surface area contributed by atoms with E-state index in [2.05, 4.69) is 9.97 Å². The summed E-state index contributed by atoms with van der Waals surface area (Å²) in [6.45, 7) is 0.296. The lowest BCUT2D eigenvalue weighted by Crippen LogP contribution is -2.04. The van der Waals surface area contributed by atoms with Crippen LogP contribution in [0.2, 0.25) is 0 Å². The highest BCUT2D eigenvalue weighted by Crippen LogP contribution is 2.25. The zero-order valence-electron chi connectivity index (χ0n) is 8.50. The van der Waals surface area contributed by atoms with Gasteiger partial charge in [0, 0.05) is 17.3 Å². The van der Waals surface area contributed by atoms with E-state index in [1.165, 1.54) is 6.33 Å². The average Bonchev–Trinajstić information content (AvgIpc) is 2.44. The Morgan fingerprint density at radius 2 is 2.12 bits per heavy atom. The minimum absolute atomic E-state index is 0.296. The second kappa shape index (κ2) is 3.41. The lowest BCUT2D eigenvalue weighted by Gasteiger charge is -2.04. The molecule has 1 aliphatic rings. The molecule has 1 aromatic heterocycles. The van der Waals surface area contributed by atoms with Crippen LogP contribution in [-0.2, 0) is 6.54 Å². The zero-order valence-corrected chi connectivity index (χ0v) is 8.50. The van der Waals surface area contributed by atoms with Gasteiger partial charge in [0.25, 0.3) is 0 Å². The maximum absolute atomic E-state index is 11.6. The predicted molar refractivity (Wildman–Crippen MR) is 60.0 cm³/mol.